The van der Waals surface area contributed by atoms with E-state index in [0.717, 1.165) is 5.52 Å². The van der Waals surface area contributed by atoms with E-state index < -0.39 is 0 Å². The van der Waals surface area contributed by atoms with Gasteiger partial charge in [-0.3, -0.25) is 4.79 Å². The van der Waals surface area contributed by atoms with Crippen molar-refractivity contribution < 1.29 is 18.7 Å². The number of oxazole rings is 1. The minimum absolute atomic E-state index is 0.0966. The van der Waals surface area contributed by atoms with E-state index in [1.807, 2.05) is 6.07 Å². The van der Waals surface area contributed by atoms with E-state index in [2.05, 4.69) is 10.3 Å². The van der Waals surface area contributed by atoms with Crippen molar-refractivity contribution in [2.75, 3.05) is 19.0 Å². The molecule has 1 heterocycles. The lowest BCUT2D eigenvalue weighted by molar-refractivity contribution is -0.118. The Hall–Kier alpha value is -3.02. The molecule has 1 aromatic heterocycles. The minimum Gasteiger partial charge on any atom is -0.497 e. The smallest absolute Gasteiger partial charge is 0.262 e. The number of hydrogen-bond donors (Lipinski definition) is 1. The van der Waals surface area contributed by atoms with Crippen molar-refractivity contribution in [1.29, 1.82) is 0 Å². The van der Waals surface area contributed by atoms with Crippen LogP contribution in [0.3, 0.4) is 0 Å². The maximum Gasteiger partial charge on any atom is 0.262 e. The van der Waals surface area contributed by atoms with E-state index in [4.69, 9.17) is 13.9 Å². The Morgan fingerprint density at radius 1 is 1.22 bits per heavy atom. The van der Waals surface area contributed by atoms with Crippen LogP contribution in [0.4, 0.5) is 5.69 Å². The van der Waals surface area contributed by atoms with Crippen molar-refractivity contribution in [1.82, 2.24) is 4.98 Å². The predicted octanol–water partition coefficient (Wildman–Crippen LogP) is 3.16. The van der Waals surface area contributed by atoms with Crippen LogP contribution in [0.1, 0.15) is 5.89 Å². The van der Waals surface area contributed by atoms with Gasteiger partial charge in [0.1, 0.15) is 17.0 Å². The molecule has 118 valence electrons. The normalized spacial score (nSPS) is 10.5. The molecular formula is C17H16N2O4. The topological polar surface area (TPSA) is 73.6 Å². The van der Waals surface area contributed by atoms with E-state index in [1.54, 1.807) is 50.4 Å². The number of ether oxygens (including phenoxy) is 2. The molecule has 3 aromatic rings. The summed E-state index contributed by atoms with van der Waals surface area (Å²) in [6, 6.07) is 12.4. The van der Waals surface area contributed by atoms with Gasteiger partial charge in [0.2, 0.25) is 0 Å². The number of aryl methyl sites for hydroxylation is 1. The van der Waals surface area contributed by atoms with Gasteiger partial charge in [-0.2, -0.15) is 0 Å². The first-order chi connectivity index (χ1) is 11.1. The van der Waals surface area contributed by atoms with Gasteiger partial charge in [0.25, 0.3) is 5.91 Å². The second-order valence-corrected chi connectivity index (χ2v) is 4.93. The molecule has 0 radical (unpaired) electrons. The van der Waals surface area contributed by atoms with Crippen LogP contribution in [0, 0.1) is 6.92 Å². The number of benzene rings is 2. The Kier molecular flexibility index (Phi) is 4.14. The summed E-state index contributed by atoms with van der Waals surface area (Å²) in [5.41, 5.74) is 2.02. The third-order valence-electron chi connectivity index (χ3n) is 3.19. The SMILES string of the molecule is COc1cccc(OCC(=O)Nc2ccc3nc(C)oc3c2)c1. The zero-order valence-corrected chi connectivity index (χ0v) is 12.8. The summed E-state index contributed by atoms with van der Waals surface area (Å²) in [6.07, 6.45) is 0. The number of nitrogens with one attached hydrogen (secondary N) is 1. The Balaban J connectivity index is 1.61. The third kappa shape index (κ3) is 3.60. The molecule has 23 heavy (non-hydrogen) atoms. The molecule has 6 nitrogen and oxygen atoms in total. The van der Waals surface area contributed by atoms with Gasteiger partial charge in [-0.1, -0.05) is 6.07 Å². The van der Waals surface area contributed by atoms with Crippen LogP contribution in [-0.4, -0.2) is 24.6 Å². The van der Waals surface area contributed by atoms with Crippen LogP contribution in [0.5, 0.6) is 11.5 Å². The molecule has 0 unspecified atom stereocenters. The third-order valence-corrected chi connectivity index (χ3v) is 3.19. The van der Waals surface area contributed by atoms with Crippen molar-refractivity contribution in [2.45, 2.75) is 6.92 Å². The lowest BCUT2D eigenvalue weighted by atomic mass is 10.3. The summed E-state index contributed by atoms with van der Waals surface area (Å²) in [5.74, 6) is 1.57. The molecule has 1 N–H and O–H groups in total. The largest absolute Gasteiger partial charge is 0.497 e. The number of carbonyl (C=O) groups is 1. The summed E-state index contributed by atoms with van der Waals surface area (Å²) in [6.45, 7) is 1.68. The average Bonchev–Trinajstić information content (AvgIpc) is 2.92. The number of methoxy groups -OCH3 is 1. The predicted molar refractivity (Wildman–Crippen MR) is 85.9 cm³/mol. The highest BCUT2D eigenvalue weighted by Gasteiger charge is 2.07. The molecule has 0 atom stereocenters. The Morgan fingerprint density at radius 3 is 2.87 bits per heavy atom. The minimum atomic E-state index is -0.261. The van der Waals surface area contributed by atoms with Crippen LogP contribution < -0.4 is 14.8 Å². The highest BCUT2D eigenvalue weighted by atomic mass is 16.5. The standard InChI is InChI=1S/C17H16N2O4/c1-11-18-15-7-6-12(8-16(15)23-11)19-17(20)10-22-14-5-3-4-13(9-14)21-2/h3-9H,10H2,1-2H3,(H,19,20). The summed E-state index contributed by atoms with van der Waals surface area (Å²) >= 11 is 0. The number of amides is 1. The van der Waals surface area contributed by atoms with E-state index >= 15 is 0 Å². The average molecular weight is 312 g/mol. The Bertz CT molecular complexity index is 841. The summed E-state index contributed by atoms with van der Waals surface area (Å²) in [7, 11) is 1.58. The maximum absolute atomic E-state index is 12.0. The first kappa shape index (κ1) is 14.9. The molecular weight excluding hydrogens is 296 g/mol. The highest BCUT2D eigenvalue weighted by Crippen LogP contribution is 2.21. The summed E-state index contributed by atoms with van der Waals surface area (Å²) in [4.78, 5) is 16.2. The molecule has 0 bridgehead atoms. The second-order valence-electron chi connectivity index (χ2n) is 4.93. The van der Waals surface area contributed by atoms with Crippen LogP contribution in [0.25, 0.3) is 11.1 Å². The zero-order valence-electron chi connectivity index (χ0n) is 12.8. The molecule has 6 heteroatoms. The van der Waals surface area contributed by atoms with Crippen LogP contribution in [0.2, 0.25) is 0 Å². The van der Waals surface area contributed by atoms with Gasteiger partial charge in [-0.05, 0) is 24.3 Å². The maximum atomic E-state index is 12.0. The summed E-state index contributed by atoms with van der Waals surface area (Å²) < 4.78 is 16.0. The number of aromatic nitrogens is 1. The number of nitrogens with zero attached hydrogens (tertiary/aromatic N) is 1. The van der Waals surface area contributed by atoms with E-state index in [9.17, 15) is 4.79 Å². The van der Waals surface area contributed by atoms with Crippen molar-refractivity contribution in [3.8, 4) is 11.5 Å². The van der Waals surface area contributed by atoms with Gasteiger partial charge in [0.05, 0.1) is 7.11 Å². The van der Waals surface area contributed by atoms with E-state index in [-0.39, 0.29) is 12.5 Å². The van der Waals surface area contributed by atoms with Gasteiger partial charge in [0.15, 0.2) is 18.1 Å². The lowest BCUT2D eigenvalue weighted by Gasteiger charge is -2.08. The van der Waals surface area contributed by atoms with Crippen molar-refractivity contribution >= 4 is 22.7 Å². The zero-order chi connectivity index (χ0) is 16.2. The number of fused-ring (bicyclic) bond motifs is 1. The fourth-order valence-electron chi connectivity index (χ4n) is 2.15. The van der Waals surface area contributed by atoms with Crippen LogP contribution in [-0.2, 0) is 4.79 Å². The molecule has 0 spiro atoms. The van der Waals surface area contributed by atoms with E-state index in [0.29, 0.717) is 28.7 Å². The first-order valence-electron chi connectivity index (χ1n) is 7.08. The van der Waals surface area contributed by atoms with Crippen molar-refractivity contribution in [3.05, 3.63) is 48.4 Å². The lowest BCUT2D eigenvalue weighted by Crippen LogP contribution is -2.20. The molecule has 0 saturated carbocycles. The van der Waals surface area contributed by atoms with E-state index in [1.165, 1.54) is 0 Å². The number of carbonyl (C=O) groups excluding carboxylic acids is 1. The molecule has 0 fully saturated rings. The quantitative estimate of drug-likeness (QED) is 0.783. The molecule has 0 saturated heterocycles. The Morgan fingerprint density at radius 2 is 2.04 bits per heavy atom. The molecule has 3 rings (SSSR count). The molecule has 2 aromatic carbocycles. The monoisotopic (exact) mass is 312 g/mol. The fourth-order valence-corrected chi connectivity index (χ4v) is 2.15. The fraction of sp³-hybridized carbons (Fsp3) is 0.176. The molecule has 0 aliphatic rings. The van der Waals surface area contributed by atoms with Gasteiger partial charge < -0.3 is 19.2 Å². The molecule has 1 amide bonds. The van der Waals surface area contributed by atoms with Gasteiger partial charge in [-0.15, -0.1) is 0 Å². The number of rotatable bonds is 5. The number of hydrogen-bond acceptors (Lipinski definition) is 5. The molecule has 0 aliphatic carbocycles. The van der Waals surface area contributed by atoms with Gasteiger partial charge in [-0.25, -0.2) is 4.98 Å². The summed E-state index contributed by atoms with van der Waals surface area (Å²) in [5, 5.41) is 2.76. The first-order valence-corrected chi connectivity index (χ1v) is 7.08. The van der Waals surface area contributed by atoms with Crippen LogP contribution in [0.15, 0.2) is 46.9 Å². The van der Waals surface area contributed by atoms with Crippen molar-refractivity contribution in [3.63, 3.8) is 0 Å². The van der Waals surface area contributed by atoms with Crippen LogP contribution >= 0.6 is 0 Å². The molecule has 0 aliphatic heterocycles. The van der Waals surface area contributed by atoms with Gasteiger partial charge >= 0.3 is 0 Å². The van der Waals surface area contributed by atoms with Gasteiger partial charge in [0, 0.05) is 24.7 Å². The van der Waals surface area contributed by atoms with Crippen molar-refractivity contribution in [2.24, 2.45) is 0 Å². The Labute approximate surface area is 133 Å². The number of anilines is 1. The highest BCUT2D eigenvalue weighted by molar-refractivity contribution is 5.93. The second kappa shape index (κ2) is 6.39.